The Morgan fingerprint density at radius 2 is 2.05 bits per heavy atom. The van der Waals surface area contributed by atoms with Gasteiger partial charge in [0.1, 0.15) is 11.5 Å². The fourth-order valence-corrected chi connectivity index (χ4v) is 1.72. The molecule has 2 rings (SSSR count). The molecular weight excluding hydrogens is 246 g/mol. The zero-order valence-corrected chi connectivity index (χ0v) is 10.5. The van der Waals surface area contributed by atoms with Gasteiger partial charge in [-0.1, -0.05) is 18.2 Å². The van der Waals surface area contributed by atoms with Gasteiger partial charge < -0.3 is 19.9 Å². The molecular formula is C14H15NO4. The third-order valence-electron chi connectivity index (χ3n) is 2.85. The van der Waals surface area contributed by atoms with Gasteiger partial charge in [-0.3, -0.25) is 0 Å². The van der Waals surface area contributed by atoms with Gasteiger partial charge in [0.25, 0.3) is 0 Å². The second-order valence-electron chi connectivity index (χ2n) is 4.24. The molecule has 0 aliphatic carbocycles. The van der Waals surface area contributed by atoms with Crippen molar-refractivity contribution in [1.82, 2.24) is 5.32 Å². The summed E-state index contributed by atoms with van der Waals surface area (Å²) >= 11 is 0. The third-order valence-corrected chi connectivity index (χ3v) is 2.85. The minimum absolute atomic E-state index is 0.0776. The Labute approximate surface area is 110 Å². The van der Waals surface area contributed by atoms with E-state index >= 15 is 0 Å². The second kappa shape index (κ2) is 5.58. The highest BCUT2D eigenvalue weighted by Crippen LogP contribution is 2.19. The quantitative estimate of drug-likeness (QED) is 0.770. The van der Waals surface area contributed by atoms with Gasteiger partial charge in [0, 0.05) is 12.1 Å². The summed E-state index contributed by atoms with van der Waals surface area (Å²) in [6.45, 7) is 2.33. The first-order chi connectivity index (χ1) is 9.08. The summed E-state index contributed by atoms with van der Waals surface area (Å²) in [5.41, 5.74) is 0.777. The summed E-state index contributed by atoms with van der Waals surface area (Å²) in [4.78, 5) is 10.7. The first-order valence-corrected chi connectivity index (χ1v) is 5.91. The molecule has 0 aliphatic rings. The van der Waals surface area contributed by atoms with E-state index in [9.17, 15) is 9.90 Å². The summed E-state index contributed by atoms with van der Waals surface area (Å²) in [5.74, 6) is -0.383. The molecule has 2 aromatic rings. The molecule has 0 spiro atoms. The van der Waals surface area contributed by atoms with Gasteiger partial charge in [-0.05, 0) is 25.1 Å². The summed E-state index contributed by atoms with van der Waals surface area (Å²) in [5, 5.41) is 21.6. The van der Waals surface area contributed by atoms with Gasteiger partial charge in [-0.2, -0.15) is 0 Å². The fraction of sp³-hybridized carbons (Fsp3) is 0.214. The summed E-state index contributed by atoms with van der Waals surface area (Å²) in [7, 11) is 0. The van der Waals surface area contributed by atoms with Gasteiger partial charge in [0.15, 0.2) is 0 Å². The maximum Gasteiger partial charge on any atom is 0.371 e. The van der Waals surface area contributed by atoms with E-state index < -0.39 is 5.97 Å². The number of rotatable bonds is 5. The Morgan fingerprint density at radius 1 is 1.32 bits per heavy atom. The van der Waals surface area contributed by atoms with Crippen molar-refractivity contribution in [1.29, 1.82) is 0 Å². The van der Waals surface area contributed by atoms with Crippen LogP contribution >= 0.6 is 0 Å². The molecule has 19 heavy (non-hydrogen) atoms. The maximum absolute atomic E-state index is 10.7. The lowest BCUT2D eigenvalue weighted by Gasteiger charge is -2.12. The molecule has 1 heterocycles. The number of carbonyl (C=O) groups is 1. The van der Waals surface area contributed by atoms with Crippen LogP contribution in [0.1, 0.15) is 34.8 Å². The van der Waals surface area contributed by atoms with Gasteiger partial charge in [0.05, 0.1) is 6.04 Å². The van der Waals surface area contributed by atoms with Crippen LogP contribution in [0.3, 0.4) is 0 Å². The standard InChI is InChI=1S/C14H15NO4/c1-9(12-6-7-13(19-12)14(17)18)15-8-10-4-2-3-5-11(10)16/h2-7,9,15-16H,8H2,1H3,(H,17,18). The van der Waals surface area contributed by atoms with E-state index in [1.807, 2.05) is 19.1 Å². The first kappa shape index (κ1) is 13.2. The number of aromatic hydroxyl groups is 1. The number of phenolic OH excluding ortho intramolecular Hbond substituents is 1. The van der Waals surface area contributed by atoms with Crippen LogP contribution in [0.5, 0.6) is 5.75 Å². The summed E-state index contributed by atoms with van der Waals surface area (Å²) < 4.78 is 5.20. The summed E-state index contributed by atoms with van der Waals surface area (Å²) in [6, 6.07) is 9.96. The zero-order chi connectivity index (χ0) is 13.8. The van der Waals surface area contributed by atoms with Crippen LogP contribution in [0.25, 0.3) is 0 Å². The third kappa shape index (κ3) is 3.14. The van der Waals surface area contributed by atoms with Crippen LogP contribution in [0, 0.1) is 0 Å². The van der Waals surface area contributed by atoms with Crippen LogP contribution in [0.2, 0.25) is 0 Å². The zero-order valence-electron chi connectivity index (χ0n) is 10.5. The van der Waals surface area contributed by atoms with Crippen molar-refractivity contribution in [3.8, 4) is 5.75 Å². The molecule has 5 nitrogen and oxygen atoms in total. The Hall–Kier alpha value is -2.27. The SMILES string of the molecule is CC(NCc1ccccc1O)c1ccc(C(=O)O)o1. The number of benzene rings is 1. The Balaban J connectivity index is 1.99. The second-order valence-corrected chi connectivity index (χ2v) is 4.24. The molecule has 0 saturated heterocycles. The average Bonchev–Trinajstić information content (AvgIpc) is 2.87. The van der Waals surface area contributed by atoms with Gasteiger partial charge in [0.2, 0.25) is 5.76 Å². The van der Waals surface area contributed by atoms with E-state index in [1.165, 1.54) is 6.07 Å². The highest BCUT2D eigenvalue weighted by molar-refractivity contribution is 5.84. The van der Waals surface area contributed by atoms with Crippen LogP contribution < -0.4 is 5.32 Å². The van der Waals surface area contributed by atoms with Crippen LogP contribution in [0.4, 0.5) is 0 Å². The summed E-state index contributed by atoms with van der Waals surface area (Å²) in [6.07, 6.45) is 0. The number of hydrogen-bond acceptors (Lipinski definition) is 4. The average molecular weight is 261 g/mol. The molecule has 0 aliphatic heterocycles. The van der Waals surface area contributed by atoms with Gasteiger partial charge >= 0.3 is 5.97 Å². The number of aromatic carboxylic acids is 1. The molecule has 1 aromatic heterocycles. The molecule has 0 fully saturated rings. The topological polar surface area (TPSA) is 82.7 Å². The maximum atomic E-state index is 10.7. The Kier molecular flexibility index (Phi) is 3.87. The fourth-order valence-electron chi connectivity index (χ4n) is 1.72. The monoisotopic (exact) mass is 261 g/mol. The van der Waals surface area contributed by atoms with E-state index in [4.69, 9.17) is 9.52 Å². The minimum Gasteiger partial charge on any atom is -0.508 e. The van der Waals surface area contributed by atoms with E-state index in [1.54, 1.807) is 18.2 Å². The van der Waals surface area contributed by atoms with Crippen molar-refractivity contribution >= 4 is 5.97 Å². The van der Waals surface area contributed by atoms with Crippen molar-refractivity contribution in [3.05, 3.63) is 53.5 Å². The highest BCUT2D eigenvalue weighted by Gasteiger charge is 2.14. The molecule has 0 bridgehead atoms. The largest absolute Gasteiger partial charge is 0.508 e. The lowest BCUT2D eigenvalue weighted by Crippen LogP contribution is -2.17. The van der Waals surface area contributed by atoms with E-state index in [0.717, 1.165) is 5.56 Å². The molecule has 3 N–H and O–H groups in total. The first-order valence-electron chi connectivity index (χ1n) is 5.91. The Morgan fingerprint density at radius 3 is 2.68 bits per heavy atom. The van der Waals surface area contributed by atoms with E-state index in [-0.39, 0.29) is 17.6 Å². The molecule has 5 heteroatoms. The van der Waals surface area contributed by atoms with E-state index in [0.29, 0.717) is 12.3 Å². The number of furan rings is 1. The lowest BCUT2D eigenvalue weighted by atomic mass is 10.2. The number of phenols is 1. The number of carboxylic acid groups (broad SMARTS) is 1. The van der Waals surface area contributed by atoms with Crippen LogP contribution in [0.15, 0.2) is 40.8 Å². The van der Waals surface area contributed by atoms with Crippen molar-refractivity contribution in [2.75, 3.05) is 0 Å². The lowest BCUT2D eigenvalue weighted by molar-refractivity contribution is 0.0659. The molecule has 0 radical (unpaired) electrons. The molecule has 0 saturated carbocycles. The number of carboxylic acids is 1. The number of nitrogens with one attached hydrogen (secondary N) is 1. The molecule has 1 unspecified atom stereocenters. The molecule has 100 valence electrons. The smallest absolute Gasteiger partial charge is 0.371 e. The predicted octanol–water partition coefficient (Wildman–Crippen LogP) is 2.53. The predicted molar refractivity (Wildman–Crippen MR) is 69.0 cm³/mol. The van der Waals surface area contributed by atoms with Gasteiger partial charge in [-0.15, -0.1) is 0 Å². The molecule has 1 atom stereocenters. The van der Waals surface area contributed by atoms with Crippen LogP contribution in [-0.4, -0.2) is 16.2 Å². The highest BCUT2D eigenvalue weighted by atomic mass is 16.4. The van der Waals surface area contributed by atoms with Gasteiger partial charge in [-0.25, -0.2) is 4.79 Å². The van der Waals surface area contributed by atoms with Crippen molar-refractivity contribution < 1.29 is 19.4 Å². The number of para-hydroxylation sites is 1. The van der Waals surface area contributed by atoms with Crippen molar-refractivity contribution in [2.45, 2.75) is 19.5 Å². The molecule has 1 aromatic carbocycles. The van der Waals surface area contributed by atoms with Crippen molar-refractivity contribution in [2.24, 2.45) is 0 Å². The number of hydrogen-bond donors (Lipinski definition) is 3. The van der Waals surface area contributed by atoms with E-state index in [2.05, 4.69) is 5.32 Å². The van der Waals surface area contributed by atoms with Crippen LogP contribution in [-0.2, 0) is 6.54 Å². The molecule has 0 amide bonds. The Bertz CT molecular complexity index is 576. The van der Waals surface area contributed by atoms with Crippen molar-refractivity contribution in [3.63, 3.8) is 0 Å². The minimum atomic E-state index is -1.08. The normalized spacial score (nSPS) is 12.3.